The van der Waals surface area contributed by atoms with Crippen LogP contribution < -0.4 is 21.7 Å². The number of carbonyl (C=O) groups excluding carboxylic acids is 2. The molecule has 0 radical (unpaired) electrons. The van der Waals surface area contributed by atoms with Crippen LogP contribution in [0.15, 0.2) is 48.8 Å². The predicted molar refractivity (Wildman–Crippen MR) is 135 cm³/mol. The Morgan fingerprint density at radius 2 is 2.17 bits per heavy atom. The number of H-pyrrole nitrogens is 1. The third kappa shape index (κ3) is 6.43. The minimum Gasteiger partial charge on any atom is -0.369 e. The van der Waals surface area contributed by atoms with Crippen molar-refractivity contribution < 1.29 is 14.0 Å². The molecule has 36 heavy (non-hydrogen) atoms. The molecule has 6 N–H and O–H groups in total. The summed E-state index contributed by atoms with van der Waals surface area (Å²) in [5.41, 5.74) is 8.29. The van der Waals surface area contributed by atoms with E-state index in [1.54, 1.807) is 35.5 Å². The number of nitrogens with zero attached hydrogens (tertiary/aromatic N) is 3. The van der Waals surface area contributed by atoms with Crippen molar-refractivity contribution in [2.75, 3.05) is 44.6 Å². The highest BCUT2D eigenvalue weighted by molar-refractivity contribution is 5.99. The Bertz CT molecular complexity index is 1170. The fraction of sp³-hybridized carbons (Fsp3) is 0.360. The number of aromatic amines is 1. The van der Waals surface area contributed by atoms with Gasteiger partial charge in [0.05, 0.1) is 30.0 Å². The van der Waals surface area contributed by atoms with Crippen LogP contribution in [0.2, 0.25) is 0 Å². The molecule has 10 nitrogen and oxygen atoms in total. The Balaban J connectivity index is 1.46. The normalized spacial score (nSPS) is 15.7. The first-order valence-electron chi connectivity index (χ1n) is 12.0. The molecule has 1 aliphatic heterocycles. The van der Waals surface area contributed by atoms with Crippen LogP contribution in [0.3, 0.4) is 0 Å². The molecule has 0 bridgehead atoms. The monoisotopic (exact) mass is 494 g/mol. The van der Waals surface area contributed by atoms with Gasteiger partial charge < -0.3 is 26.6 Å². The van der Waals surface area contributed by atoms with Crippen molar-refractivity contribution in [3.8, 4) is 11.3 Å². The molecule has 0 unspecified atom stereocenters. The number of hydrogen-bond donors (Lipinski definition) is 5. The quantitative estimate of drug-likeness (QED) is 0.269. The molecule has 0 spiro atoms. The smallest absolute Gasteiger partial charge is 0.255 e. The zero-order chi connectivity index (χ0) is 25.3. The van der Waals surface area contributed by atoms with E-state index in [-0.39, 0.29) is 30.2 Å². The highest BCUT2D eigenvalue weighted by atomic mass is 19.1. The third-order valence-electron chi connectivity index (χ3n) is 6.05. The minimum absolute atomic E-state index is 0.000199. The molecule has 0 aliphatic carbocycles. The summed E-state index contributed by atoms with van der Waals surface area (Å²) >= 11 is 0. The van der Waals surface area contributed by atoms with E-state index in [4.69, 9.17) is 5.73 Å². The molecule has 1 saturated heterocycles. The van der Waals surface area contributed by atoms with Gasteiger partial charge in [-0.1, -0.05) is 12.1 Å². The van der Waals surface area contributed by atoms with Gasteiger partial charge >= 0.3 is 0 Å². The molecule has 4 rings (SSSR count). The van der Waals surface area contributed by atoms with Crippen LogP contribution >= 0.6 is 0 Å². The average molecular weight is 495 g/mol. The summed E-state index contributed by atoms with van der Waals surface area (Å²) in [7, 11) is 0. The second kappa shape index (κ2) is 12.2. The maximum absolute atomic E-state index is 13.5. The zero-order valence-electron chi connectivity index (χ0n) is 20.0. The van der Waals surface area contributed by atoms with Gasteiger partial charge in [-0.3, -0.25) is 14.7 Å². The number of amides is 2. The number of aromatic nitrogens is 3. The first-order valence-corrected chi connectivity index (χ1v) is 12.0. The van der Waals surface area contributed by atoms with E-state index in [1.807, 2.05) is 6.07 Å². The number of carbonyl (C=O) groups is 2. The Hall–Kier alpha value is -3.83. The maximum atomic E-state index is 13.5. The van der Waals surface area contributed by atoms with Crippen molar-refractivity contribution in [3.05, 3.63) is 65.7 Å². The number of piperazine rings is 1. The van der Waals surface area contributed by atoms with Crippen LogP contribution in [-0.2, 0) is 11.2 Å². The van der Waals surface area contributed by atoms with Gasteiger partial charge in [0.1, 0.15) is 11.6 Å². The van der Waals surface area contributed by atoms with Crippen molar-refractivity contribution >= 4 is 17.6 Å². The van der Waals surface area contributed by atoms with Gasteiger partial charge in [0.15, 0.2) is 0 Å². The Morgan fingerprint density at radius 1 is 1.28 bits per heavy atom. The third-order valence-corrected chi connectivity index (χ3v) is 6.05. The lowest BCUT2D eigenvalue weighted by atomic mass is 10.1. The summed E-state index contributed by atoms with van der Waals surface area (Å²) < 4.78 is 13.5. The first kappa shape index (κ1) is 25.3. The molecule has 1 atom stereocenters. The molecule has 2 amide bonds. The lowest BCUT2D eigenvalue weighted by molar-refractivity contribution is -0.134. The van der Waals surface area contributed by atoms with Crippen molar-refractivity contribution in [3.63, 3.8) is 0 Å². The molecule has 0 saturated carbocycles. The van der Waals surface area contributed by atoms with Gasteiger partial charge in [0, 0.05) is 37.9 Å². The average Bonchev–Trinajstić information content (AvgIpc) is 3.42. The standard InChI is InChI=1S/C25H31FN8O2/c26-19-4-1-3-17(11-19)7-9-29-24-21(5-6-22(33-24)18-12-31-32-13-18)25(36)30-15-20-14-28-16-23(35)34(20)10-2-8-27/h1,3-6,11-13,20,28H,2,7-10,14-16,27H2,(H,29,33)(H,30,36)(H,31,32)/t20-/m1/s1. The molecule has 11 heteroatoms. The number of pyridine rings is 1. The molecular formula is C25H31FN8O2. The number of nitrogens with one attached hydrogen (secondary N) is 4. The first-order chi connectivity index (χ1) is 17.5. The lowest BCUT2D eigenvalue weighted by Gasteiger charge is -2.36. The van der Waals surface area contributed by atoms with Crippen LogP contribution in [0.5, 0.6) is 0 Å². The van der Waals surface area contributed by atoms with Gasteiger partial charge in [-0.2, -0.15) is 5.10 Å². The van der Waals surface area contributed by atoms with Crippen LogP contribution in [0.25, 0.3) is 11.3 Å². The van der Waals surface area contributed by atoms with E-state index < -0.39 is 0 Å². The molecule has 3 aromatic rings. The van der Waals surface area contributed by atoms with Crippen LogP contribution in [0, 0.1) is 5.82 Å². The van der Waals surface area contributed by atoms with Crippen molar-refractivity contribution in [1.82, 2.24) is 30.7 Å². The Morgan fingerprint density at radius 3 is 2.94 bits per heavy atom. The fourth-order valence-electron chi connectivity index (χ4n) is 4.16. The number of nitrogens with two attached hydrogens (primary N) is 1. The number of anilines is 1. The van der Waals surface area contributed by atoms with Crippen molar-refractivity contribution in [1.29, 1.82) is 0 Å². The zero-order valence-corrected chi connectivity index (χ0v) is 20.0. The highest BCUT2D eigenvalue weighted by Crippen LogP contribution is 2.21. The Kier molecular flexibility index (Phi) is 8.58. The number of hydrogen-bond acceptors (Lipinski definition) is 7. The molecule has 1 fully saturated rings. The van der Waals surface area contributed by atoms with E-state index in [0.717, 1.165) is 11.1 Å². The van der Waals surface area contributed by atoms with Crippen LogP contribution in [0.1, 0.15) is 22.3 Å². The van der Waals surface area contributed by atoms with Crippen LogP contribution in [-0.4, -0.2) is 77.2 Å². The van der Waals surface area contributed by atoms with Crippen LogP contribution in [0.4, 0.5) is 10.2 Å². The van der Waals surface area contributed by atoms with Gasteiger partial charge in [0.25, 0.3) is 5.91 Å². The summed E-state index contributed by atoms with van der Waals surface area (Å²) in [6.45, 7) is 2.69. The molecule has 1 aliphatic rings. The van der Waals surface area contributed by atoms with E-state index in [1.165, 1.54) is 12.1 Å². The van der Waals surface area contributed by atoms with Crippen molar-refractivity contribution in [2.24, 2.45) is 5.73 Å². The van der Waals surface area contributed by atoms with Gasteiger partial charge in [-0.05, 0) is 49.2 Å². The topological polar surface area (TPSA) is 141 Å². The summed E-state index contributed by atoms with van der Waals surface area (Å²) in [6.07, 6.45) is 4.64. The molecule has 2 aromatic heterocycles. The summed E-state index contributed by atoms with van der Waals surface area (Å²) in [5.74, 6) is -0.171. The maximum Gasteiger partial charge on any atom is 0.255 e. The molecule has 190 valence electrons. The summed E-state index contributed by atoms with van der Waals surface area (Å²) in [5, 5.41) is 16.0. The fourth-order valence-corrected chi connectivity index (χ4v) is 4.16. The predicted octanol–water partition coefficient (Wildman–Crippen LogP) is 1.14. The molecular weight excluding hydrogens is 463 g/mol. The van der Waals surface area contributed by atoms with E-state index in [9.17, 15) is 14.0 Å². The molecule has 1 aromatic carbocycles. The van der Waals surface area contributed by atoms with E-state index >= 15 is 0 Å². The number of halogens is 1. The van der Waals surface area contributed by atoms with E-state index in [0.29, 0.717) is 62.6 Å². The van der Waals surface area contributed by atoms with E-state index in [2.05, 4.69) is 31.1 Å². The second-order valence-corrected chi connectivity index (χ2v) is 8.61. The Labute approximate surface area is 208 Å². The number of rotatable bonds is 11. The second-order valence-electron chi connectivity index (χ2n) is 8.61. The summed E-state index contributed by atoms with van der Waals surface area (Å²) in [6, 6.07) is 9.72. The van der Waals surface area contributed by atoms with Crippen molar-refractivity contribution in [2.45, 2.75) is 18.9 Å². The largest absolute Gasteiger partial charge is 0.369 e. The van der Waals surface area contributed by atoms with Gasteiger partial charge in [-0.15, -0.1) is 0 Å². The van der Waals surface area contributed by atoms with Gasteiger partial charge in [-0.25, -0.2) is 9.37 Å². The highest BCUT2D eigenvalue weighted by Gasteiger charge is 2.28. The summed E-state index contributed by atoms with van der Waals surface area (Å²) in [4.78, 5) is 32.0. The minimum atomic E-state index is -0.300. The number of benzene rings is 1. The van der Waals surface area contributed by atoms with Gasteiger partial charge in [0.2, 0.25) is 5.91 Å². The SMILES string of the molecule is NCCCN1C(=O)CNC[C@@H]1CNC(=O)c1ccc(-c2cn[nH]c2)nc1NCCc1cccc(F)c1. The lowest BCUT2D eigenvalue weighted by Crippen LogP contribution is -2.58. The molecule has 3 heterocycles.